The lowest BCUT2D eigenvalue weighted by molar-refractivity contribution is -0.129. The molecule has 1 aromatic heterocycles. The minimum absolute atomic E-state index is 0.0626. The average molecular weight is 445 g/mol. The lowest BCUT2D eigenvalue weighted by Gasteiger charge is -2.10. The smallest absolute Gasteiger partial charge is 0.328 e. The van der Waals surface area contributed by atoms with E-state index in [1.54, 1.807) is 28.3 Å². The van der Waals surface area contributed by atoms with Crippen LogP contribution >= 0.6 is 11.6 Å². The van der Waals surface area contributed by atoms with E-state index >= 15 is 0 Å². The van der Waals surface area contributed by atoms with Crippen molar-refractivity contribution in [3.63, 3.8) is 0 Å². The third-order valence-electron chi connectivity index (χ3n) is 4.90. The molecule has 0 saturated carbocycles. The molecule has 2 amide bonds. The third kappa shape index (κ3) is 5.67. The molecule has 3 rings (SSSR count). The van der Waals surface area contributed by atoms with E-state index < -0.39 is 0 Å². The molecule has 9 heteroatoms. The van der Waals surface area contributed by atoms with Gasteiger partial charge in [-0.1, -0.05) is 23.7 Å². The maximum absolute atomic E-state index is 12.4. The zero-order valence-electron chi connectivity index (χ0n) is 17.5. The quantitative estimate of drug-likeness (QED) is 0.412. The van der Waals surface area contributed by atoms with E-state index in [0.29, 0.717) is 18.1 Å². The van der Waals surface area contributed by atoms with Crippen LogP contribution in [0.25, 0.3) is 11.0 Å². The van der Waals surface area contributed by atoms with E-state index in [9.17, 15) is 14.4 Å². The number of amides is 2. The van der Waals surface area contributed by atoms with Crippen LogP contribution in [0.1, 0.15) is 24.8 Å². The predicted octanol–water partition coefficient (Wildman–Crippen LogP) is 2.70. The largest absolute Gasteiger partial charge is 0.493 e. The molecule has 0 saturated heterocycles. The van der Waals surface area contributed by atoms with Gasteiger partial charge < -0.3 is 4.74 Å². The van der Waals surface area contributed by atoms with Crippen LogP contribution < -0.4 is 21.3 Å². The number of carbonyl (C=O) groups is 2. The third-order valence-corrected chi connectivity index (χ3v) is 5.13. The van der Waals surface area contributed by atoms with Crippen molar-refractivity contribution in [3.8, 4) is 5.75 Å². The van der Waals surface area contributed by atoms with Gasteiger partial charge in [-0.25, -0.2) is 4.79 Å². The number of ether oxygens (including phenoxy) is 1. The van der Waals surface area contributed by atoms with Crippen LogP contribution in [0.2, 0.25) is 5.02 Å². The fourth-order valence-corrected chi connectivity index (χ4v) is 3.47. The Balaban J connectivity index is 1.38. The van der Waals surface area contributed by atoms with Crippen LogP contribution in [-0.2, 0) is 23.2 Å². The number of aryl methyl sites for hydroxylation is 3. The summed E-state index contributed by atoms with van der Waals surface area (Å²) in [5, 5.41) is 0.644. The predicted molar refractivity (Wildman–Crippen MR) is 119 cm³/mol. The van der Waals surface area contributed by atoms with E-state index in [1.165, 1.54) is 0 Å². The molecular weight excluding hydrogens is 420 g/mol. The number of rotatable bonds is 8. The number of carbonyl (C=O) groups excluding carboxylic acids is 2. The first-order chi connectivity index (χ1) is 14.9. The molecular formula is C22H25ClN4O4. The highest BCUT2D eigenvalue weighted by molar-refractivity contribution is 6.30. The number of nitrogens with one attached hydrogen (secondary N) is 2. The molecule has 0 aliphatic heterocycles. The molecule has 0 fully saturated rings. The highest BCUT2D eigenvalue weighted by atomic mass is 35.5. The Hall–Kier alpha value is -3.26. The van der Waals surface area contributed by atoms with Crippen molar-refractivity contribution in [2.75, 3.05) is 6.61 Å². The highest BCUT2D eigenvalue weighted by Crippen LogP contribution is 2.21. The van der Waals surface area contributed by atoms with Crippen LogP contribution in [0.5, 0.6) is 5.75 Å². The number of halogens is 1. The van der Waals surface area contributed by atoms with E-state index in [0.717, 1.165) is 22.3 Å². The summed E-state index contributed by atoms with van der Waals surface area (Å²) >= 11 is 5.91. The molecule has 8 nitrogen and oxygen atoms in total. The molecule has 31 heavy (non-hydrogen) atoms. The number of hydrogen-bond acceptors (Lipinski definition) is 4. The minimum atomic E-state index is -0.374. The first-order valence-electron chi connectivity index (χ1n) is 9.97. The second-order valence-electron chi connectivity index (χ2n) is 7.19. The van der Waals surface area contributed by atoms with Crippen molar-refractivity contribution >= 4 is 34.4 Å². The molecule has 0 spiro atoms. The maximum Gasteiger partial charge on any atom is 0.328 e. The molecule has 0 unspecified atom stereocenters. The maximum atomic E-state index is 12.4. The summed E-state index contributed by atoms with van der Waals surface area (Å²) in [6, 6.07) is 12.7. The van der Waals surface area contributed by atoms with Crippen LogP contribution in [0.15, 0.2) is 47.3 Å². The molecule has 0 aliphatic carbocycles. The van der Waals surface area contributed by atoms with Gasteiger partial charge in [0.2, 0.25) is 11.8 Å². The van der Waals surface area contributed by atoms with Gasteiger partial charge in [0.1, 0.15) is 5.75 Å². The molecule has 164 valence electrons. The zero-order valence-corrected chi connectivity index (χ0v) is 18.2. The first kappa shape index (κ1) is 22.4. The molecule has 2 N–H and O–H groups in total. The van der Waals surface area contributed by atoms with Crippen LogP contribution in [0.3, 0.4) is 0 Å². The second kappa shape index (κ2) is 10.2. The van der Waals surface area contributed by atoms with Gasteiger partial charge in [-0.3, -0.25) is 29.6 Å². The lowest BCUT2D eigenvalue weighted by atomic mass is 10.2. The Bertz CT molecular complexity index is 1150. The molecule has 3 aromatic rings. The summed E-state index contributed by atoms with van der Waals surface area (Å²) in [6.45, 7) is 2.49. The van der Waals surface area contributed by atoms with Gasteiger partial charge in [0.15, 0.2) is 0 Å². The van der Waals surface area contributed by atoms with Crippen molar-refractivity contribution < 1.29 is 14.3 Å². The van der Waals surface area contributed by atoms with Crippen molar-refractivity contribution in [3.05, 3.63) is 63.5 Å². The van der Waals surface area contributed by atoms with Gasteiger partial charge in [-0.2, -0.15) is 0 Å². The summed E-state index contributed by atoms with van der Waals surface area (Å²) in [5.74, 6) is 0.0371. The average Bonchev–Trinajstić information content (AvgIpc) is 2.99. The SMILES string of the molecule is Cc1cc(Cl)ccc1OCCCC(=O)NNC(=O)CCn1c(=O)n(C)c2ccccc21. The van der Waals surface area contributed by atoms with Gasteiger partial charge in [0, 0.05) is 31.5 Å². The van der Waals surface area contributed by atoms with Gasteiger partial charge in [-0.15, -0.1) is 0 Å². The Morgan fingerprint density at radius 3 is 2.42 bits per heavy atom. The molecule has 0 aliphatic rings. The van der Waals surface area contributed by atoms with Crippen LogP contribution in [-0.4, -0.2) is 27.6 Å². The number of fused-ring (bicyclic) bond motifs is 1. The van der Waals surface area contributed by atoms with Crippen LogP contribution in [0, 0.1) is 6.92 Å². The van der Waals surface area contributed by atoms with Crippen molar-refractivity contribution in [1.82, 2.24) is 20.0 Å². The topological polar surface area (TPSA) is 94.4 Å². The van der Waals surface area contributed by atoms with E-state index in [4.69, 9.17) is 16.3 Å². The second-order valence-corrected chi connectivity index (χ2v) is 7.63. The summed E-state index contributed by atoms with van der Waals surface area (Å²) in [6.07, 6.45) is 0.762. The van der Waals surface area contributed by atoms with Gasteiger partial charge >= 0.3 is 5.69 Å². The summed E-state index contributed by atoms with van der Waals surface area (Å²) in [4.78, 5) is 36.4. The number of hydrazine groups is 1. The first-order valence-corrected chi connectivity index (χ1v) is 10.4. The number of para-hydroxylation sites is 2. The molecule has 0 atom stereocenters. The number of aromatic nitrogens is 2. The van der Waals surface area contributed by atoms with Crippen molar-refractivity contribution in [2.24, 2.45) is 7.05 Å². The Kier molecular flexibility index (Phi) is 7.36. The van der Waals surface area contributed by atoms with E-state index in [-0.39, 0.29) is 36.9 Å². The minimum Gasteiger partial charge on any atom is -0.493 e. The number of hydrogen-bond donors (Lipinski definition) is 2. The van der Waals surface area contributed by atoms with Crippen molar-refractivity contribution in [1.29, 1.82) is 0 Å². The molecule has 0 radical (unpaired) electrons. The number of imidazole rings is 1. The van der Waals surface area contributed by atoms with Crippen LogP contribution in [0.4, 0.5) is 0 Å². The number of nitrogens with zero attached hydrogens (tertiary/aromatic N) is 2. The van der Waals surface area contributed by atoms with E-state index in [1.807, 2.05) is 37.3 Å². The van der Waals surface area contributed by atoms with Gasteiger partial charge in [-0.05, 0) is 49.2 Å². The summed E-state index contributed by atoms with van der Waals surface area (Å²) in [5.41, 5.74) is 7.08. The molecule has 2 aromatic carbocycles. The normalized spacial score (nSPS) is 10.8. The molecule has 0 bridgehead atoms. The number of benzene rings is 2. The van der Waals surface area contributed by atoms with Gasteiger partial charge in [0.05, 0.1) is 17.6 Å². The standard InChI is InChI=1S/C22H25ClN4O4/c1-15-14-16(23)9-10-19(15)31-13-5-8-20(28)24-25-21(29)11-12-27-18-7-4-3-6-17(18)26(2)22(27)30/h3-4,6-7,9-10,14H,5,8,11-13H2,1-2H3,(H,24,28)(H,25,29). The van der Waals surface area contributed by atoms with Crippen molar-refractivity contribution in [2.45, 2.75) is 32.7 Å². The summed E-state index contributed by atoms with van der Waals surface area (Å²) in [7, 11) is 1.69. The van der Waals surface area contributed by atoms with Gasteiger partial charge in [0.25, 0.3) is 0 Å². The fraction of sp³-hybridized carbons (Fsp3) is 0.318. The lowest BCUT2D eigenvalue weighted by Crippen LogP contribution is -2.42. The zero-order chi connectivity index (χ0) is 22.4. The Morgan fingerprint density at radius 1 is 1.03 bits per heavy atom. The summed E-state index contributed by atoms with van der Waals surface area (Å²) < 4.78 is 8.74. The Labute approximate surface area is 184 Å². The fourth-order valence-electron chi connectivity index (χ4n) is 3.25. The van der Waals surface area contributed by atoms with E-state index in [2.05, 4.69) is 10.9 Å². The monoisotopic (exact) mass is 444 g/mol. The highest BCUT2D eigenvalue weighted by Gasteiger charge is 2.12. The Morgan fingerprint density at radius 2 is 1.71 bits per heavy atom. The molecule has 1 heterocycles.